The first-order chi connectivity index (χ1) is 19.7. The van der Waals surface area contributed by atoms with E-state index < -0.39 is 49.6 Å². The Balaban J connectivity index is 1.73. The van der Waals surface area contributed by atoms with Crippen molar-refractivity contribution in [1.82, 2.24) is 19.5 Å². The molecule has 0 bridgehead atoms. The molecule has 2 aromatic rings. The highest BCUT2D eigenvalue weighted by molar-refractivity contribution is 14.1. The van der Waals surface area contributed by atoms with E-state index in [0.717, 1.165) is 0 Å². The van der Waals surface area contributed by atoms with Crippen LogP contribution >= 0.6 is 49.8 Å². The molecule has 16 heteroatoms. The van der Waals surface area contributed by atoms with E-state index in [9.17, 15) is 9.13 Å². The first-order valence-electron chi connectivity index (χ1n) is 14.6. The van der Waals surface area contributed by atoms with Gasteiger partial charge in [-0.2, -0.15) is 0 Å². The minimum absolute atomic E-state index is 0.0345. The molecule has 2 saturated carbocycles. The van der Waals surface area contributed by atoms with Gasteiger partial charge in [-0.15, -0.1) is 0 Å². The lowest BCUT2D eigenvalue weighted by molar-refractivity contribution is -0.0352. The Morgan fingerprint density at radius 3 is 1.89 bits per heavy atom. The predicted molar refractivity (Wildman–Crippen MR) is 177 cm³/mol. The molecule has 0 amide bonds. The molecule has 2 aliphatic carbocycles. The SMILES string of the molecule is CC(C)(C)OP(=O)(OC[C@]12C[C@@H]1[C@@H](n1cnc3c(Cl)nc(I)nc31)C[C@@H]2OP(=O)(OC(C)(C)C)OC(C)(C)C)OC(C)(C)C. The maximum absolute atomic E-state index is 14.3. The van der Waals surface area contributed by atoms with Crippen LogP contribution in [-0.4, -0.2) is 54.6 Å². The minimum Gasteiger partial charge on any atom is -0.312 e. The number of nitrogens with zero attached hydrogens (tertiary/aromatic N) is 4. The molecule has 44 heavy (non-hydrogen) atoms. The van der Waals surface area contributed by atoms with Gasteiger partial charge in [0.15, 0.2) is 14.6 Å². The zero-order chi connectivity index (χ0) is 33.3. The van der Waals surface area contributed by atoms with Crippen LogP contribution in [0, 0.1) is 15.2 Å². The Morgan fingerprint density at radius 1 is 0.886 bits per heavy atom. The van der Waals surface area contributed by atoms with Crippen LogP contribution in [0.4, 0.5) is 0 Å². The second-order valence-corrected chi connectivity index (χ2v) is 19.8. The number of aromatic nitrogens is 4. The Bertz CT molecular complexity index is 1440. The third kappa shape index (κ3) is 9.02. The molecule has 2 aliphatic rings. The number of phosphoric ester groups is 2. The van der Waals surface area contributed by atoms with Crippen LogP contribution < -0.4 is 0 Å². The predicted octanol–water partition coefficient (Wildman–Crippen LogP) is 8.91. The van der Waals surface area contributed by atoms with E-state index in [4.69, 9.17) is 38.7 Å². The van der Waals surface area contributed by atoms with Crippen molar-refractivity contribution in [2.24, 2.45) is 11.3 Å². The Labute approximate surface area is 279 Å². The number of rotatable bonds is 10. The zero-order valence-electron chi connectivity index (χ0n) is 27.6. The maximum Gasteiger partial charge on any atom is 0.476 e. The van der Waals surface area contributed by atoms with Crippen LogP contribution in [0.1, 0.15) is 102 Å². The first-order valence-corrected chi connectivity index (χ1v) is 19.0. The van der Waals surface area contributed by atoms with Gasteiger partial charge >= 0.3 is 15.6 Å². The van der Waals surface area contributed by atoms with E-state index in [0.29, 0.717) is 27.8 Å². The summed E-state index contributed by atoms with van der Waals surface area (Å²) in [6.45, 7) is 21.4. The molecule has 0 radical (unpaired) electrons. The summed E-state index contributed by atoms with van der Waals surface area (Å²) >= 11 is 8.41. The summed E-state index contributed by atoms with van der Waals surface area (Å²) in [5.41, 5.74) is -2.91. The van der Waals surface area contributed by atoms with Crippen molar-refractivity contribution in [2.45, 2.75) is 130 Å². The number of hydrogen-bond donors (Lipinski definition) is 0. The lowest BCUT2D eigenvalue weighted by atomic mass is 10.0. The topological polar surface area (TPSA) is 133 Å². The highest BCUT2D eigenvalue weighted by atomic mass is 127. The van der Waals surface area contributed by atoms with E-state index in [2.05, 4.69) is 15.0 Å². The molecule has 2 aromatic heterocycles. The molecular formula is C28H46ClIN4O8P2. The summed E-state index contributed by atoms with van der Waals surface area (Å²) in [5.74, 6) is -0.0354. The fraction of sp³-hybridized carbons (Fsp3) is 0.821. The van der Waals surface area contributed by atoms with Gasteiger partial charge in [0, 0.05) is 34.0 Å². The molecule has 4 rings (SSSR count). The summed E-state index contributed by atoms with van der Waals surface area (Å²) in [4.78, 5) is 13.3. The quantitative estimate of drug-likeness (QED) is 0.0989. The summed E-state index contributed by atoms with van der Waals surface area (Å²) in [6.07, 6.45) is 2.05. The second kappa shape index (κ2) is 12.0. The molecule has 0 saturated heterocycles. The van der Waals surface area contributed by atoms with E-state index in [1.165, 1.54) is 0 Å². The van der Waals surface area contributed by atoms with Crippen molar-refractivity contribution in [2.75, 3.05) is 6.61 Å². The highest BCUT2D eigenvalue weighted by Gasteiger charge is 2.70. The van der Waals surface area contributed by atoms with Gasteiger partial charge in [0.25, 0.3) is 0 Å². The molecule has 0 unspecified atom stereocenters. The molecule has 12 nitrogen and oxygen atoms in total. The average molecular weight is 791 g/mol. The highest BCUT2D eigenvalue weighted by Crippen LogP contribution is 2.73. The molecule has 0 N–H and O–H groups in total. The minimum atomic E-state index is -4.12. The first kappa shape index (κ1) is 36.6. The lowest BCUT2D eigenvalue weighted by Crippen LogP contribution is -2.32. The van der Waals surface area contributed by atoms with Gasteiger partial charge in [0.2, 0.25) is 0 Å². The summed E-state index contributed by atoms with van der Waals surface area (Å²) < 4.78 is 67.1. The molecular weight excluding hydrogens is 745 g/mol. The normalized spacial score (nSPS) is 25.1. The van der Waals surface area contributed by atoms with Gasteiger partial charge in [-0.05, 0) is 102 Å². The molecule has 0 aliphatic heterocycles. The summed E-state index contributed by atoms with van der Waals surface area (Å²) in [5, 5.41) is 0.260. The summed E-state index contributed by atoms with van der Waals surface area (Å²) in [6, 6.07) is -0.181. The van der Waals surface area contributed by atoms with Crippen molar-refractivity contribution in [3.8, 4) is 0 Å². The number of hydrogen-bond acceptors (Lipinski definition) is 11. The Kier molecular flexibility index (Phi) is 10.0. The van der Waals surface area contributed by atoms with Crippen molar-refractivity contribution in [3.63, 3.8) is 0 Å². The number of fused-ring (bicyclic) bond motifs is 2. The van der Waals surface area contributed by atoms with Crippen molar-refractivity contribution in [3.05, 3.63) is 15.3 Å². The van der Waals surface area contributed by atoms with Gasteiger partial charge in [0.05, 0.1) is 41.4 Å². The average Bonchev–Trinajstić information content (AvgIpc) is 3.21. The largest absolute Gasteiger partial charge is 0.476 e. The number of phosphoric acid groups is 2. The van der Waals surface area contributed by atoms with Crippen LogP contribution in [0.2, 0.25) is 5.15 Å². The fourth-order valence-corrected chi connectivity index (χ4v) is 10.3. The van der Waals surface area contributed by atoms with Crippen LogP contribution in [0.15, 0.2) is 6.33 Å². The third-order valence-corrected chi connectivity index (χ3v) is 11.5. The van der Waals surface area contributed by atoms with E-state index in [1.807, 2.05) is 27.2 Å². The molecule has 2 fully saturated rings. The molecule has 2 heterocycles. The Hall–Kier alpha value is -0.210. The molecule has 250 valence electrons. The summed E-state index contributed by atoms with van der Waals surface area (Å²) in [7, 11) is -8.18. The van der Waals surface area contributed by atoms with E-state index in [-0.39, 0.29) is 23.7 Å². The van der Waals surface area contributed by atoms with Gasteiger partial charge < -0.3 is 4.57 Å². The zero-order valence-corrected chi connectivity index (χ0v) is 32.3. The fourth-order valence-electron chi connectivity index (χ4n) is 5.50. The number of halogens is 2. The van der Waals surface area contributed by atoms with Gasteiger partial charge in [-0.3, -0.25) is 27.1 Å². The lowest BCUT2D eigenvalue weighted by Gasteiger charge is -2.35. The van der Waals surface area contributed by atoms with Crippen molar-refractivity contribution < 1.29 is 36.3 Å². The number of imidazole rings is 1. The van der Waals surface area contributed by atoms with Crippen LogP contribution in [0.5, 0.6) is 0 Å². The van der Waals surface area contributed by atoms with Crippen LogP contribution in [0.3, 0.4) is 0 Å². The van der Waals surface area contributed by atoms with Crippen molar-refractivity contribution >= 4 is 61.0 Å². The smallest absolute Gasteiger partial charge is 0.312 e. The molecule has 0 spiro atoms. The maximum atomic E-state index is 14.3. The Morgan fingerprint density at radius 2 is 1.39 bits per heavy atom. The molecule has 4 atom stereocenters. The molecule has 0 aromatic carbocycles. The third-order valence-electron chi connectivity index (χ3n) is 6.74. The van der Waals surface area contributed by atoms with Crippen LogP contribution in [0.25, 0.3) is 11.2 Å². The van der Waals surface area contributed by atoms with Gasteiger partial charge in [-0.25, -0.2) is 24.1 Å². The standard InChI is InChI=1S/C28H46ClIN4O8P2/c1-24(2,3)39-43(35,40-25(4,5)6)37-15-28-14-17(28)18(34-16-31-20-21(29)32-23(30)33-22(20)34)13-19(28)38-44(36,41-26(7,8)9)42-27(10,11)12/h16-19H,13-15H2,1-12H3/t17-,18+,19+,28-/m1/s1. The van der Waals surface area contributed by atoms with Gasteiger partial charge in [-0.1, -0.05) is 11.6 Å². The van der Waals surface area contributed by atoms with Crippen molar-refractivity contribution in [1.29, 1.82) is 0 Å². The monoisotopic (exact) mass is 790 g/mol. The van der Waals surface area contributed by atoms with E-state index in [1.54, 1.807) is 89.4 Å². The van der Waals surface area contributed by atoms with E-state index >= 15 is 0 Å². The van der Waals surface area contributed by atoms with Gasteiger partial charge in [0.1, 0.15) is 5.52 Å². The van der Waals surface area contributed by atoms with Crippen LogP contribution in [-0.2, 0) is 36.3 Å². The second-order valence-electron chi connectivity index (χ2n) is 15.5.